The van der Waals surface area contributed by atoms with Crippen LogP contribution < -0.4 is 20.1 Å². The molecule has 2 aromatic carbocycles. The Morgan fingerprint density at radius 1 is 1.08 bits per heavy atom. The van der Waals surface area contributed by atoms with Crippen molar-refractivity contribution in [3.8, 4) is 11.5 Å². The van der Waals surface area contributed by atoms with Gasteiger partial charge in [0, 0.05) is 17.3 Å². The maximum atomic E-state index is 12.2. The molecule has 126 valence electrons. The van der Waals surface area contributed by atoms with Gasteiger partial charge in [0.15, 0.2) is 5.11 Å². The van der Waals surface area contributed by atoms with E-state index in [1.807, 2.05) is 38.1 Å². The molecule has 0 unspecified atom stereocenters. The van der Waals surface area contributed by atoms with Crippen molar-refractivity contribution in [2.24, 2.45) is 0 Å². The smallest absolute Gasteiger partial charge is 0.257 e. The molecule has 0 radical (unpaired) electrons. The number of methoxy groups -OCH3 is 1. The van der Waals surface area contributed by atoms with Crippen LogP contribution in [0.4, 0.5) is 5.69 Å². The van der Waals surface area contributed by atoms with Crippen molar-refractivity contribution in [2.45, 2.75) is 20.0 Å². The highest BCUT2D eigenvalue weighted by Crippen LogP contribution is 2.18. The van der Waals surface area contributed by atoms with Gasteiger partial charge in [-0.25, -0.2) is 0 Å². The SMILES string of the molecule is COc1ccc(C(=O)NC(=S)Nc2cccc(OC(C)C)c2)cc1. The Morgan fingerprint density at radius 3 is 2.42 bits per heavy atom. The summed E-state index contributed by atoms with van der Waals surface area (Å²) in [6, 6.07) is 14.2. The molecule has 0 aromatic heterocycles. The minimum Gasteiger partial charge on any atom is -0.497 e. The topological polar surface area (TPSA) is 59.6 Å². The summed E-state index contributed by atoms with van der Waals surface area (Å²) in [5.74, 6) is 1.14. The van der Waals surface area contributed by atoms with Crippen LogP contribution in [0.3, 0.4) is 0 Å². The van der Waals surface area contributed by atoms with E-state index in [2.05, 4.69) is 10.6 Å². The number of amides is 1. The molecule has 0 aliphatic rings. The first-order valence-corrected chi connectivity index (χ1v) is 7.92. The number of nitrogens with one attached hydrogen (secondary N) is 2. The van der Waals surface area contributed by atoms with Crippen LogP contribution in [0.5, 0.6) is 11.5 Å². The average molecular weight is 344 g/mol. The van der Waals surface area contributed by atoms with Gasteiger partial charge in [0.25, 0.3) is 5.91 Å². The molecule has 1 amide bonds. The molecule has 24 heavy (non-hydrogen) atoms. The zero-order chi connectivity index (χ0) is 17.5. The van der Waals surface area contributed by atoms with Crippen molar-refractivity contribution in [1.29, 1.82) is 0 Å². The second-order valence-corrected chi connectivity index (χ2v) is 5.74. The van der Waals surface area contributed by atoms with Gasteiger partial charge in [-0.15, -0.1) is 0 Å². The van der Waals surface area contributed by atoms with Gasteiger partial charge in [0.1, 0.15) is 11.5 Å². The molecule has 0 fully saturated rings. The summed E-state index contributed by atoms with van der Waals surface area (Å²) in [6.07, 6.45) is 0.0852. The summed E-state index contributed by atoms with van der Waals surface area (Å²) in [6.45, 7) is 3.92. The zero-order valence-corrected chi connectivity index (χ0v) is 14.6. The summed E-state index contributed by atoms with van der Waals surface area (Å²) in [5, 5.41) is 5.84. The number of thiocarbonyl (C=S) groups is 1. The summed E-state index contributed by atoms with van der Waals surface area (Å²) in [5.41, 5.74) is 1.24. The molecule has 0 atom stereocenters. The van der Waals surface area contributed by atoms with Crippen LogP contribution in [-0.4, -0.2) is 24.2 Å². The number of anilines is 1. The van der Waals surface area contributed by atoms with Crippen molar-refractivity contribution >= 4 is 28.9 Å². The van der Waals surface area contributed by atoms with Crippen LogP contribution in [-0.2, 0) is 0 Å². The molecule has 2 aromatic rings. The summed E-state index contributed by atoms with van der Waals surface area (Å²) < 4.78 is 10.7. The van der Waals surface area contributed by atoms with Gasteiger partial charge in [-0.1, -0.05) is 6.07 Å². The van der Waals surface area contributed by atoms with Gasteiger partial charge >= 0.3 is 0 Å². The summed E-state index contributed by atoms with van der Waals surface area (Å²) in [7, 11) is 1.57. The van der Waals surface area contributed by atoms with E-state index in [0.717, 1.165) is 11.4 Å². The zero-order valence-electron chi connectivity index (χ0n) is 13.8. The van der Waals surface area contributed by atoms with Gasteiger partial charge < -0.3 is 14.8 Å². The van der Waals surface area contributed by atoms with Crippen molar-refractivity contribution in [3.63, 3.8) is 0 Å². The molecule has 2 N–H and O–H groups in total. The number of carbonyl (C=O) groups excluding carboxylic acids is 1. The predicted octanol–water partition coefficient (Wildman–Crippen LogP) is 3.61. The Kier molecular flexibility index (Phi) is 6.14. The Labute approximate surface area is 147 Å². The molecule has 2 rings (SSSR count). The van der Waals surface area contributed by atoms with E-state index in [1.165, 1.54) is 0 Å². The fraction of sp³-hybridized carbons (Fsp3) is 0.222. The molecule has 0 spiro atoms. The molecule has 0 saturated carbocycles. The van der Waals surface area contributed by atoms with Crippen molar-refractivity contribution in [1.82, 2.24) is 5.32 Å². The van der Waals surface area contributed by atoms with Crippen molar-refractivity contribution in [3.05, 3.63) is 54.1 Å². The van der Waals surface area contributed by atoms with E-state index in [9.17, 15) is 4.79 Å². The highest BCUT2D eigenvalue weighted by atomic mass is 32.1. The normalized spacial score (nSPS) is 10.2. The van der Waals surface area contributed by atoms with E-state index in [-0.39, 0.29) is 17.1 Å². The summed E-state index contributed by atoms with van der Waals surface area (Å²) in [4.78, 5) is 12.2. The number of benzene rings is 2. The maximum absolute atomic E-state index is 12.2. The molecule has 0 aliphatic carbocycles. The monoisotopic (exact) mass is 344 g/mol. The lowest BCUT2D eigenvalue weighted by atomic mass is 10.2. The van der Waals surface area contributed by atoms with Crippen molar-refractivity contribution in [2.75, 3.05) is 12.4 Å². The van der Waals surface area contributed by atoms with E-state index in [1.54, 1.807) is 31.4 Å². The second kappa shape index (κ2) is 8.31. The molecular weight excluding hydrogens is 324 g/mol. The molecule has 0 bridgehead atoms. The van der Waals surface area contributed by atoms with Gasteiger partial charge in [-0.3, -0.25) is 10.1 Å². The van der Waals surface area contributed by atoms with Crippen LogP contribution in [0.25, 0.3) is 0 Å². The second-order valence-electron chi connectivity index (χ2n) is 5.33. The van der Waals surface area contributed by atoms with E-state index in [0.29, 0.717) is 11.3 Å². The van der Waals surface area contributed by atoms with Gasteiger partial charge in [0.05, 0.1) is 13.2 Å². The first-order chi connectivity index (χ1) is 11.5. The van der Waals surface area contributed by atoms with E-state index >= 15 is 0 Å². The third-order valence-corrected chi connectivity index (χ3v) is 3.25. The van der Waals surface area contributed by atoms with Crippen molar-refractivity contribution < 1.29 is 14.3 Å². The summed E-state index contributed by atoms with van der Waals surface area (Å²) >= 11 is 5.18. The minimum atomic E-state index is -0.287. The third kappa shape index (κ3) is 5.24. The Bertz CT molecular complexity index is 714. The third-order valence-electron chi connectivity index (χ3n) is 3.04. The van der Waals surface area contributed by atoms with Crippen LogP contribution in [0.15, 0.2) is 48.5 Å². The van der Waals surface area contributed by atoms with Crippen LogP contribution in [0.2, 0.25) is 0 Å². The molecule has 0 heterocycles. The van der Waals surface area contributed by atoms with Gasteiger partial charge in [-0.05, 0) is 62.5 Å². The molecule has 0 aliphatic heterocycles. The fourth-order valence-electron chi connectivity index (χ4n) is 2.00. The number of hydrogen-bond acceptors (Lipinski definition) is 4. The molecule has 6 heteroatoms. The van der Waals surface area contributed by atoms with Gasteiger partial charge in [-0.2, -0.15) is 0 Å². The number of ether oxygens (including phenoxy) is 2. The van der Waals surface area contributed by atoms with E-state index < -0.39 is 0 Å². The first-order valence-electron chi connectivity index (χ1n) is 7.51. The molecule has 0 saturated heterocycles. The first kappa shape index (κ1) is 17.7. The standard InChI is InChI=1S/C18H20N2O3S/c1-12(2)23-16-6-4-5-14(11-16)19-18(24)20-17(21)13-7-9-15(22-3)10-8-13/h4-12H,1-3H3,(H2,19,20,21,24). The lowest BCUT2D eigenvalue weighted by Crippen LogP contribution is -2.34. The quantitative estimate of drug-likeness (QED) is 0.812. The Morgan fingerprint density at radius 2 is 1.79 bits per heavy atom. The Balaban J connectivity index is 1.95. The average Bonchev–Trinajstić information content (AvgIpc) is 2.54. The molecular formula is C18H20N2O3S. The number of carbonyl (C=O) groups is 1. The fourth-order valence-corrected chi connectivity index (χ4v) is 2.21. The van der Waals surface area contributed by atoms with Crippen LogP contribution >= 0.6 is 12.2 Å². The van der Waals surface area contributed by atoms with Gasteiger partial charge in [0.2, 0.25) is 0 Å². The lowest BCUT2D eigenvalue weighted by Gasteiger charge is -2.13. The Hall–Kier alpha value is -2.60. The minimum absolute atomic E-state index is 0.0852. The number of rotatable bonds is 5. The largest absolute Gasteiger partial charge is 0.497 e. The number of hydrogen-bond donors (Lipinski definition) is 2. The molecule has 5 nitrogen and oxygen atoms in total. The van der Waals surface area contributed by atoms with Crippen LogP contribution in [0.1, 0.15) is 24.2 Å². The van der Waals surface area contributed by atoms with Crippen LogP contribution in [0, 0.1) is 0 Å². The maximum Gasteiger partial charge on any atom is 0.257 e. The predicted molar refractivity (Wildman–Crippen MR) is 98.9 cm³/mol. The lowest BCUT2D eigenvalue weighted by molar-refractivity contribution is 0.0977. The van der Waals surface area contributed by atoms with E-state index in [4.69, 9.17) is 21.7 Å². The highest BCUT2D eigenvalue weighted by molar-refractivity contribution is 7.80. The highest BCUT2D eigenvalue weighted by Gasteiger charge is 2.08.